The van der Waals surface area contributed by atoms with Crippen LogP contribution in [0.25, 0.3) is 33.3 Å². The third-order valence-corrected chi connectivity index (χ3v) is 5.50. The van der Waals surface area contributed by atoms with E-state index in [0.717, 1.165) is 10.9 Å². The minimum absolute atomic E-state index is 0.0605. The van der Waals surface area contributed by atoms with Crippen LogP contribution in [-0.2, 0) is 12.8 Å². The zero-order valence-corrected chi connectivity index (χ0v) is 18.9. The van der Waals surface area contributed by atoms with Gasteiger partial charge >= 0.3 is 0 Å². The number of furan rings is 1. The van der Waals surface area contributed by atoms with Crippen LogP contribution in [0.3, 0.4) is 0 Å². The van der Waals surface area contributed by atoms with Crippen LogP contribution in [0.4, 0.5) is 0 Å². The molecule has 0 aliphatic rings. The molecule has 3 nitrogen and oxygen atoms in total. The van der Waals surface area contributed by atoms with Gasteiger partial charge in [-0.3, -0.25) is 4.98 Å². The summed E-state index contributed by atoms with van der Waals surface area (Å²) >= 11 is 0. The molecule has 0 saturated heterocycles. The number of fused-ring (bicyclic) bond motifs is 3. The Kier molecular flexibility index (Phi) is 3.44. The molecule has 3 heteroatoms. The van der Waals surface area contributed by atoms with E-state index in [1.165, 1.54) is 12.3 Å². The maximum Gasteiger partial charge on any atom is 0.227 e. The van der Waals surface area contributed by atoms with E-state index in [-0.39, 0.29) is 17.0 Å². The Morgan fingerprint density at radius 3 is 2.52 bits per heavy atom. The smallest absolute Gasteiger partial charge is 0.227 e. The van der Waals surface area contributed by atoms with Crippen LogP contribution in [0.15, 0.2) is 71.3 Å². The van der Waals surface area contributed by atoms with Crippen LogP contribution < -0.4 is 0 Å². The molecule has 0 fully saturated rings. The van der Waals surface area contributed by atoms with Crippen molar-refractivity contribution in [3.8, 4) is 11.3 Å². The van der Waals surface area contributed by atoms with Gasteiger partial charge in [-0.1, -0.05) is 57.2 Å². The van der Waals surface area contributed by atoms with Crippen molar-refractivity contribution in [3.63, 3.8) is 0 Å². The number of nitrogens with zero attached hydrogens (tertiary/aromatic N) is 2. The van der Waals surface area contributed by atoms with Crippen LogP contribution in [0.5, 0.6) is 0 Å². The Hall–Kier alpha value is -3.46. The van der Waals surface area contributed by atoms with Crippen LogP contribution in [0.1, 0.15) is 59.7 Å². The monoisotopic (exact) mass is 442 g/mol. The van der Waals surface area contributed by atoms with E-state index in [4.69, 9.17) is 15.4 Å². The standard InChI is InChI=1S/C30H30N2O/c1-19-18-31-27(16-23(19)15-21-10-12-22(13-11-21)17-30(3,4)5)26-8-6-7-24-25-14-9-20(2)32-29(25)33-28(24)26/h6-14,16,18H,15,17H2,1-5H3/i1D3,2D3,17D2. The van der Waals surface area contributed by atoms with Crippen LogP contribution in [-0.4, -0.2) is 9.97 Å². The van der Waals surface area contributed by atoms with Gasteiger partial charge in [-0.2, -0.15) is 0 Å². The van der Waals surface area contributed by atoms with Gasteiger partial charge in [0.25, 0.3) is 0 Å². The fourth-order valence-electron chi connectivity index (χ4n) is 4.03. The second-order valence-electron chi connectivity index (χ2n) is 9.31. The first kappa shape index (κ1) is 13.9. The predicted octanol–water partition coefficient (Wildman–Crippen LogP) is 7.84. The highest BCUT2D eigenvalue weighted by Gasteiger charge is 2.15. The largest absolute Gasteiger partial charge is 0.437 e. The molecule has 0 aliphatic carbocycles. The fourth-order valence-corrected chi connectivity index (χ4v) is 4.03. The van der Waals surface area contributed by atoms with Crippen LogP contribution in [0, 0.1) is 19.1 Å². The fraction of sp³-hybridized carbons (Fsp3) is 0.267. The molecule has 0 spiro atoms. The van der Waals surface area contributed by atoms with Crippen molar-refractivity contribution < 1.29 is 15.4 Å². The Labute approximate surface area is 206 Å². The molecular formula is C30H30N2O. The Morgan fingerprint density at radius 2 is 1.76 bits per heavy atom. The van der Waals surface area contributed by atoms with Gasteiger partial charge in [0, 0.05) is 39.2 Å². The van der Waals surface area contributed by atoms with Crippen molar-refractivity contribution in [2.45, 2.75) is 47.3 Å². The normalized spacial score (nSPS) is 16.8. The van der Waals surface area contributed by atoms with Gasteiger partial charge in [0.2, 0.25) is 5.71 Å². The molecule has 166 valence electrons. The first-order chi connectivity index (χ1) is 19.0. The SMILES string of the molecule is [2H]C([2H])([2H])c1ccc2c(n1)oc1c(-c3cc(Cc4ccc(C([2H])([2H])C(C)(C)C)cc4)c(C([2H])([2H])[2H])cn3)cccc12. The number of benzene rings is 2. The molecule has 5 aromatic rings. The first-order valence-electron chi connectivity index (χ1n) is 14.9. The lowest BCUT2D eigenvalue weighted by Gasteiger charge is -2.18. The molecule has 5 rings (SSSR count). The summed E-state index contributed by atoms with van der Waals surface area (Å²) in [7, 11) is 0. The summed E-state index contributed by atoms with van der Waals surface area (Å²) in [5, 5.41) is 1.42. The lowest BCUT2D eigenvalue weighted by atomic mass is 9.87. The average molecular weight is 443 g/mol. The molecule has 3 heterocycles. The van der Waals surface area contributed by atoms with Crippen molar-refractivity contribution in [1.29, 1.82) is 0 Å². The molecule has 0 N–H and O–H groups in total. The number of aromatic nitrogens is 2. The highest BCUT2D eigenvalue weighted by atomic mass is 16.3. The number of hydrogen-bond donors (Lipinski definition) is 0. The quantitative estimate of drug-likeness (QED) is 0.284. The summed E-state index contributed by atoms with van der Waals surface area (Å²) in [4.78, 5) is 8.72. The molecule has 0 bridgehead atoms. The van der Waals surface area contributed by atoms with E-state index in [1.807, 2.05) is 51.1 Å². The highest BCUT2D eigenvalue weighted by molar-refractivity contribution is 6.08. The van der Waals surface area contributed by atoms with Gasteiger partial charge in [-0.05, 0) is 78.4 Å². The van der Waals surface area contributed by atoms with Gasteiger partial charge in [-0.15, -0.1) is 0 Å². The van der Waals surface area contributed by atoms with Gasteiger partial charge in [0.15, 0.2) is 0 Å². The second-order valence-corrected chi connectivity index (χ2v) is 9.31. The Morgan fingerprint density at radius 1 is 0.939 bits per heavy atom. The van der Waals surface area contributed by atoms with Crippen molar-refractivity contribution in [2.24, 2.45) is 5.41 Å². The third-order valence-electron chi connectivity index (χ3n) is 5.50. The van der Waals surface area contributed by atoms with Crippen molar-refractivity contribution in [3.05, 3.63) is 94.8 Å². The van der Waals surface area contributed by atoms with E-state index in [0.29, 0.717) is 39.8 Å². The molecule has 0 atom stereocenters. The zero-order valence-electron chi connectivity index (χ0n) is 26.9. The van der Waals surface area contributed by atoms with E-state index in [2.05, 4.69) is 9.97 Å². The number of aryl methyl sites for hydroxylation is 2. The summed E-state index contributed by atoms with van der Waals surface area (Å²) in [6, 6.07) is 17.6. The van der Waals surface area contributed by atoms with Gasteiger partial charge in [-0.25, -0.2) is 4.98 Å². The van der Waals surface area contributed by atoms with Crippen LogP contribution >= 0.6 is 0 Å². The van der Waals surface area contributed by atoms with Crippen molar-refractivity contribution in [1.82, 2.24) is 9.97 Å². The lowest BCUT2D eigenvalue weighted by Crippen LogP contribution is -2.09. The summed E-state index contributed by atoms with van der Waals surface area (Å²) in [6.45, 7) is 0.809. The van der Waals surface area contributed by atoms with E-state index >= 15 is 0 Å². The number of para-hydroxylation sites is 1. The third kappa shape index (κ3) is 4.41. The highest BCUT2D eigenvalue weighted by Crippen LogP contribution is 2.35. The summed E-state index contributed by atoms with van der Waals surface area (Å²) in [5.74, 6) is 0. The molecule has 2 aromatic carbocycles. The Balaban J connectivity index is 1.58. The summed E-state index contributed by atoms with van der Waals surface area (Å²) < 4.78 is 70.4. The molecule has 33 heavy (non-hydrogen) atoms. The predicted molar refractivity (Wildman–Crippen MR) is 137 cm³/mol. The number of pyridine rings is 2. The molecule has 0 saturated carbocycles. The van der Waals surface area contributed by atoms with Crippen molar-refractivity contribution in [2.75, 3.05) is 0 Å². The van der Waals surface area contributed by atoms with E-state index in [9.17, 15) is 0 Å². The molecule has 0 amide bonds. The topological polar surface area (TPSA) is 38.9 Å². The minimum Gasteiger partial charge on any atom is -0.437 e. The summed E-state index contributed by atoms with van der Waals surface area (Å²) in [6.07, 6.45) is 0.141. The van der Waals surface area contributed by atoms with Gasteiger partial charge < -0.3 is 4.42 Å². The number of rotatable bonds is 4. The zero-order chi connectivity index (χ0) is 30.0. The Bertz CT molecular complexity index is 1740. The molecular weight excluding hydrogens is 404 g/mol. The van der Waals surface area contributed by atoms with Gasteiger partial charge in [0.05, 0.1) is 5.69 Å². The minimum atomic E-state index is -2.38. The van der Waals surface area contributed by atoms with Crippen molar-refractivity contribution >= 4 is 22.1 Å². The van der Waals surface area contributed by atoms with Crippen LogP contribution in [0.2, 0.25) is 0 Å². The maximum absolute atomic E-state index is 8.54. The number of hydrogen-bond acceptors (Lipinski definition) is 3. The maximum atomic E-state index is 8.54. The van der Waals surface area contributed by atoms with E-state index < -0.39 is 25.5 Å². The average Bonchev–Trinajstić information content (AvgIpc) is 3.25. The second kappa shape index (κ2) is 8.15. The van der Waals surface area contributed by atoms with E-state index in [1.54, 1.807) is 24.3 Å². The molecule has 0 unspecified atom stereocenters. The first-order valence-corrected chi connectivity index (χ1v) is 10.9. The lowest BCUT2D eigenvalue weighted by molar-refractivity contribution is 0.411. The van der Waals surface area contributed by atoms with Gasteiger partial charge in [0.1, 0.15) is 5.58 Å². The summed E-state index contributed by atoms with van der Waals surface area (Å²) in [5.41, 5.74) is 3.27. The molecule has 0 radical (unpaired) electrons. The molecule has 3 aromatic heterocycles. The molecule has 0 aliphatic heterocycles.